The summed E-state index contributed by atoms with van der Waals surface area (Å²) in [6.45, 7) is 4.07. The Kier molecular flexibility index (Phi) is 5.77. The van der Waals surface area contributed by atoms with Crippen LogP contribution in [0.15, 0.2) is 18.2 Å². The van der Waals surface area contributed by atoms with Crippen LogP contribution in [0.25, 0.3) is 0 Å². The third-order valence-electron chi connectivity index (χ3n) is 4.15. The fourth-order valence-corrected chi connectivity index (χ4v) is 3.20. The highest BCUT2D eigenvalue weighted by molar-refractivity contribution is 6.32. The molecular weight excluding hydrogens is 327 g/mol. The van der Waals surface area contributed by atoms with Crippen molar-refractivity contribution in [3.63, 3.8) is 0 Å². The van der Waals surface area contributed by atoms with Crippen molar-refractivity contribution in [2.24, 2.45) is 0 Å². The first-order valence-corrected chi connectivity index (χ1v) is 7.97. The molecule has 1 heterocycles. The minimum Gasteiger partial charge on any atom is -0.367 e. The molecule has 3 nitrogen and oxygen atoms in total. The van der Waals surface area contributed by atoms with Crippen molar-refractivity contribution in [1.29, 1.82) is 5.26 Å². The second-order valence-electron chi connectivity index (χ2n) is 5.67. The van der Waals surface area contributed by atoms with Crippen LogP contribution in [0.3, 0.4) is 0 Å². The van der Waals surface area contributed by atoms with Crippen LogP contribution in [0.1, 0.15) is 25.3 Å². The van der Waals surface area contributed by atoms with Crippen LogP contribution < -0.4 is 4.90 Å². The summed E-state index contributed by atoms with van der Waals surface area (Å²) in [5, 5.41) is 9.33. The lowest BCUT2D eigenvalue weighted by atomic mass is 10.1. The summed E-state index contributed by atoms with van der Waals surface area (Å²) in [6, 6.07) is 7.45. The number of hydrogen-bond acceptors (Lipinski definition) is 3. The second kappa shape index (κ2) is 7.41. The first-order chi connectivity index (χ1) is 10.8. The van der Waals surface area contributed by atoms with Crippen LogP contribution in [0, 0.1) is 11.3 Å². The van der Waals surface area contributed by atoms with Crippen LogP contribution in [0.2, 0.25) is 5.02 Å². The fraction of sp³-hybridized carbons (Fsp3) is 0.562. The average molecular weight is 346 g/mol. The maximum Gasteiger partial charge on any atom is 0.390 e. The highest BCUT2D eigenvalue weighted by atomic mass is 35.5. The van der Waals surface area contributed by atoms with E-state index in [1.54, 1.807) is 12.1 Å². The average Bonchev–Trinajstić information content (AvgIpc) is 2.94. The van der Waals surface area contributed by atoms with Gasteiger partial charge < -0.3 is 9.80 Å². The topological polar surface area (TPSA) is 30.3 Å². The van der Waals surface area contributed by atoms with Crippen molar-refractivity contribution in [3.05, 3.63) is 28.8 Å². The lowest BCUT2D eigenvalue weighted by Crippen LogP contribution is -2.38. The molecule has 1 aliphatic rings. The van der Waals surface area contributed by atoms with E-state index in [1.165, 1.54) is 0 Å². The van der Waals surface area contributed by atoms with E-state index in [0.717, 1.165) is 18.7 Å². The molecule has 0 bridgehead atoms. The highest BCUT2D eigenvalue weighted by Gasteiger charge is 2.32. The molecule has 2 rings (SSSR count). The molecule has 7 heteroatoms. The summed E-state index contributed by atoms with van der Waals surface area (Å²) in [5.41, 5.74) is 1.32. The van der Waals surface area contributed by atoms with Gasteiger partial charge in [-0.1, -0.05) is 11.6 Å². The molecule has 1 aromatic rings. The summed E-state index contributed by atoms with van der Waals surface area (Å²) in [6.07, 6.45) is -4.05. The summed E-state index contributed by atoms with van der Waals surface area (Å²) in [4.78, 5) is 3.99. The molecule has 1 saturated heterocycles. The van der Waals surface area contributed by atoms with Gasteiger partial charge in [-0.2, -0.15) is 18.4 Å². The maximum atomic E-state index is 12.3. The molecule has 1 aliphatic heterocycles. The predicted octanol–water partition coefficient (Wildman–Crippen LogP) is 4.06. The number of alkyl halides is 3. The molecule has 126 valence electrons. The van der Waals surface area contributed by atoms with Gasteiger partial charge in [0.25, 0.3) is 0 Å². The smallest absolute Gasteiger partial charge is 0.367 e. The molecule has 0 amide bonds. The number of anilines is 1. The Balaban J connectivity index is 2.02. The van der Waals surface area contributed by atoms with Crippen LogP contribution in [-0.4, -0.2) is 43.3 Å². The van der Waals surface area contributed by atoms with Crippen molar-refractivity contribution in [2.75, 3.05) is 31.1 Å². The monoisotopic (exact) mass is 345 g/mol. The number of nitriles is 1. The van der Waals surface area contributed by atoms with E-state index in [9.17, 15) is 13.2 Å². The summed E-state index contributed by atoms with van der Waals surface area (Å²) in [5.74, 6) is 0. The van der Waals surface area contributed by atoms with E-state index in [2.05, 4.69) is 4.90 Å². The van der Waals surface area contributed by atoms with Crippen LogP contribution in [0.5, 0.6) is 0 Å². The highest BCUT2D eigenvalue weighted by Crippen LogP contribution is 2.28. The van der Waals surface area contributed by atoms with Crippen molar-refractivity contribution in [2.45, 2.75) is 32.0 Å². The molecular formula is C16H19ClF3N3. The normalized spacial score (nSPS) is 18.9. The fourth-order valence-electron chi connectivity index (χ4n) is 2.98. The van der Waals surface area contributed by atoms with E-state index < -0.39 is 12.6 Å². The summed E-state index contributed by atoms with van der Waals surface area (Å²) >= 11 is 6.08. The minimum absolute atomic E-state index is 0.0473. The number of benzene rings is 1. The number of nitrogens with zero attached hydrogens (tertiary/aromatic N) is 3. The molecule has 1 unspecified atom stereocenters. The van der Waals surface area contributed by atoms with Gasteiger partial charge in [0.05, 0.1) is 17.0 Å². The number of likely N-dealkylation sites (N-methyl/N-ethyl adjacent to an activating group) is 1. The molecule has 1 aromatic carbocycles. The number of halogens is 4. The van der Waals surface area contributed by atoms with Crippen molar-refractivity contribution in [3.8, 4) is 6.07 Å². The van der Waals surface area contributed by atoms with Gasteiger partial charge in [0, 0.05) is 37.9 Å². The molecule has 23 heavy (non-hydrogen) atoms. The Bertz CT molecular complexity index is 583. The van der Waals surface area contributed by atoms with Gasteiger partial charge in [-0.05, 0) is 31.5 Å². The van der Waals surface area contributed by atoms with Gasteiger partial charge in [0.1, 0.15) is 6.07 Å². The number of likely N-dealkylation sites (tertiary alicyclic amines) is 1. The van der Waals surface area contributed by atoms with E-state index >= 15 is 0 Å². The van der Waals surface area contributed by atoms with Gasteiger partial charge in [-0.3, -0.25) is 0 Å². The second-order valence-corrected chi connectivity index (χ2v) is 6.08. The Labute approximate surface area is 139 Å². The van der Waals surface area contributed by atoms with Crippen molar-refractivity contribution >= 4 is 17.3 Å². The molecule has 1 fully saturated rings. The van der Waals surface area contributed by atoms with E-state index in [1.807, 2.05) is 24.0 Å². The van der Waals surface area contributed by atoms with Crippen LogP contribution in [0.4, 0.5) is 18.9 Å². The quantitative estimate of drug-likeness (QED) is 0.806. The van der Waals surface area contributed by atoms with Crippen LogP contribution in [-0.2, 0) is 0 Å². The van der Waals surface area contributed by atoms with E-state index in [0.29, 0.717) is 23.7 Å². The zero-order valence-electron chi connectivity index (χ0n) is 12.9. The van der Waals surface area contributed by atoms with Gasteiger partial charge in [-0.15, -0.1) is 0 Å². The molecule has 0 radical (unpaired) electrons. The molecule has 1 atom stereocenters. The minimum atomic E-state index is -4.11. The third-order valence-corrected chi connectivity index (χ3v) is 4.46. The predicted molar refractivity (Wildman–Crippen MR) is 84.7 cm³/mol. The van der Waals surface area contributed by atoms with Crippen molar-refractivity contribution in [1.82, 2.24) is 4.90 Å². The van der Waals surface area contributed by atoms with Crippen LogP contribution >= 0.6 is 11.6 Å². The maximum absolute atomic E-state index is 12.3. The van der Waals surface area contributed by atoms with Gasteiger partial charge in [0.15, 0.2) is 0 Å². The summed E-state index contributed by atoms with van der Waals surface area (Å²) < 4.78 is 37.0. The van der Waals surface area contributed by atoms with Gasteiger partial charge in [0.2, 0.25) is 0 Å². The number of hydrogen-bond donors (Lipinski definition) is 0. The molecule has 0 saturated carbocycles. The third kappa shape index (κ3) is 4.76. The SMILES string of the molecule is CCN(c1ccc(C#N)c(Cl)c1)C1CCN(CCC(F)(F)F)C1. The Morgan fingerprint density at radius 1 is 1.43 bits per heavy atom. The van der Waals surface area contributed by atoms with Crippen molar-refractivity contribution < 1.29 is 13.2 Å². The zero-order valence-corrected chi connectivity index (χ0v) is 13.7. The molecule has 0 aromatic heterocycles. The van der Waals surface area contributed by atoms with Gasteiger partial charge in [-0.25, -0.2) is 0 Å². The first kappa shape index (κ1) is 17.9. The standard InChI is InChI=1S/C16H19ClF3N3/c1-2-23(13-4-3-12(10-21)15(17)9-13)14-5-7-22(11-14)8-6-16(18,19)20/h3-4,9,14H,2,5-8,11H2,1H3. The zero-order chi connectivity index (χ0) is 17.0. The number of rotatable bonds is 5. The summed E-state index contributed by atoms with van der Waals surface area (Å²) in [7, 11) is 0. The van der Waals surface area contributed by atoms with E-state index in [4.69, 9.17) is 16.9 Å². The lowest BCUT2D eigenvalue weighted by Gasteiger charge is -2.30. The van der Waals surface area contributed by atoms with Gasteiger partial charge >= 0.3 is 6.18 Å². The molecule has 0 N–H and O–H groups in total. The Morgan fingerprint density at radius 2 is 2.17 bits per heavy atom. The molecule has 0 spiro atoms. The largest absolute Gasteiger partial charge is 0.390 e. The van der Waals surface area contributed by atoms with E-state index in [-0.39, 0.29) is 12.6 Å². The first-order valence-electron chi connectivity index (χ1n) is 7.59. The molecule has 0 aliphatic carbocycles. The Hall–Kier alpha value is -1.45. The lowest BCUT2D eigenvalue weighted by molar-refractivity contribution is -0.137. The Morgan fingerprint density at radius 3 is 2.74 bits per heavy atom.